The molecule has 0 spiro atoms. The first-order valence-electron chi connectivity index (χ1n) is 15.8. The second-order valence-electron chi connectivity index (χ2n) is 12.1. The van der Waals surface area contributed by atoms with Crippen molar-refractivity contribution in [1.82, 2.24) is 18.8 Å². The van der Waals surface area contributed by atoms with Gasteiger partial charge >= 0.3 is 6.03 Å². The zero-order chi connectivity index (χ0) is 34.1. The molecule has 3 N–H and O–H groups in total. The number of likely N-dealkylation sites (N-methyl/N-ethyl adjacent to an activating group) is 1. The van der Waals surface area contributed by atoms with Gasteiger partial charge in [0, 0.05) is 57.3 Å². The number of para-hydroxylation sites is 1. The van der Waals surface area contributed by atoms with Crippen molar-refractivity contribution in [2.45, 2.75) is 63.3 Å². The van der Waals surface area contributed by atoms with Gasteiger partial charge in [-0.2, -0.15) is 4.31 Å². The number of aromatic nitrogens is 2. The van der Waals surface area contributed by atoms with E-state index in [4.69, 9.17) is 9.47 Å². The van der Waals surface area contributed by atoms with Gasteiger partial charge in [0.05, 0.1) is 36.7 Å². The van der Waals surface area contributed by atoms with E-state index in [2.05, 4.69) is 15.6 Å². The molecule has 0 radical (unpaired) electrons. The summed E-state index contributed by atoms with van der Waals surface area (Å²) in [7, 11) is -0.696. The van der Waals surface area contributed by atoms with Gasteiger partial charge in [-0.05, 0) is 63.4 Å². The van der Waals surface area contributed by atoms with Crippen LogP contribution < -0.4 is 15.4 Å². The molecule has 1 aliphatic heterocycles. The van der Waals surface area contributed by atoms with Crippen molar-refractivity contribution in [3.63, 3.8) is 0 Å². The van der Waals surface area contributed by atoms with Crippen LogP contribution in [0.3, 0.4) is 0 Å². The summed E-state index contributed by atoms with van der Waals surface area (Å²) >= 11 is 0. The number of imidazole rings is 1. The molecule has 0 fully saturated rings. The van der Waals surface area contributed by atoms with E-state index in [1.807, 2.05) is 32.0 Å². The third kappa shape index (κ3) is 9.53. The summed E-state index contributed by atoms with van der Waals surface area (Å²) in [6, 6.07) is 12.9. The third-order valence-electron chi connectivity index (χ3n) is 8.13. The highest BCUT2D eigenvalue weighted by molar-refractivity contribution is 7.89. The summed E-state index contributed by atoms with van der Waals surface area (Å²) in [6.07, 6.45) is 4.31. The second-order valence-corrected chi connectivity index (χ2v) is 14.1. The van der Waals surface area contributed by atoms with E-state index in [9.17, 15) is 23.1 Å². The van der Waals surface area contributed by atoms with Crippen LogP contribution in [0.4, 0.5) is 16.2 Å². The number of aryl methyl sites for hydroxylation is 1. The molecule has 2 heterocycles. The van der Waals surface area contributed by atoms with Crippen molar-refractivity contribution in [2.24, 2.45) is 13.0 Å². The minimum absolute atomic E-state index is 0.0380. The zero-order valence-electron chi connectivity index (χ0n) is 27.6. The highest BCUT2D eigenvalue weighted by atomic mass is 32.2. The van der Waals surface area contributed by atoms with Gasteiger partial charge in [0.2, 0.25) is 0 Å². The number of aliphatic hydroxyl groups excluding tert-OH is 1. The lowest BCUT2D eigenvalue weighted by Gasteiger charge is -2.35. The smallest absolute Gasteiger partial charge is 0.323 e. The Bertz CT molecular complexity index is 1600. The van der Waals surface area contributed by atoms with Gasteiger partial charge < -0.3 is 34.7 Å². The van der Waals surface area contributed by atoms with Gasteiger partial charge in [-0.25, -0.2) is 18.2 Å². The SMILES string of the molecule is C[C@H]1CCCCO[C@H](CN(C)S(=O)(=O)c2cn(C)cn2)[C@@H](C)CN([C@@H](C)CO)C(=O)c2cc(NC(=O)Nc3ccccc3)ccc2O1. The Morgan fingerprint density at radius 1 is 1.13 bits per heavy atom. The Kier molecular flexibility index (Phi) is 12.4. The van der Waals surface area contributed by atoms with Gasteiger partial charge in [-0.1, -0.05) is 25.1 Å². The average molecular weight is 671 g/mol. The molecule has 0 aliphatic carbocycles. The number of carbonyl (C=O) groups is 2. The molecular formula is C33H46N6O7S. The van der Waals surface area contributed by atoms with Crippen LogP contribution in [0.2, 0.25) is 0 Å². The Labute approximate surface area is 276 Å². The third-order valence-corrected chi connectivity index (χ3v) is 9.84. The minimum atomic E-state index is -3.88. The Morgan fingerprint density at radius 2 is 1.85 bits per heavy atom. The molecule has 1 aliphatic rings. The summed E-state index contributed by atoms with van der Waals surface area (Å²) in [5.74, 6) is -0.373. The van der Waals surface area contributed by atoms with Gasteiger partial charge in [-0.15, -0.1) is 0 Å². The fraction of sp³-hybridized carbons (Fsp3) is 0.485. The molecule has 1 aromatic heterocycles. The Hall–Kier alpha value is -3.98. The van der Waals surface area contributed by atoms with Crippen molar-refractivity contribution in [1.29, 1.82) is 0 Å². The average Bonchev–Trinajstić information content (AvgIpc) is 3.49. The number of benzene rings is 2. The number of hydrogen-bond donors (Lipinski definition) is 3. The van der Waals surface area contributed by atoms with Crippen molar-refractivity contribution in [3.05, 3.63) is 66.6 Å². The molecule has 0 bridgehead atoms. The van der Waals surface area contributed by atoms with Crippen LogP contribution in [0, 0.1) is 5.92 Å². The zero-order valence-corrected chi connectivity index (χ0v) is 28.4. The maximum absolute atomic E-state index is 14.3. The largest absolute Gasteiger partial charge is 0.490 e. The number of ether oxygens (including phenoxy) is 2. The molecule has 0 saturated carbocycles. The molecule has 14 heteroatoms. The number of aliphatic hydroxyl groups is 1. The van der Waals surface area contributed by atoms with E-state index in [0.717, 1.165) is 12.8 Å². The normalized spacial score (nSPS) is 20.5. The fourth-order valence-electron chi connectivity index (χ4n) is 5.31. The first kappa shape index (κ1) is 35.9. The lowest BCUT2D eigenvalue weighted by atomic mass is 10.0. The highest BCUT2D eigenvalue weighted by Crippen LogP contribution is 2.29. The number of fused-ring (bicyclic) bond motifs is 1. The fourth-order valence-corrected chi connectivity index (χ4v) is 6.45. The summed E-state index contributed by atoms with van der Waals surface area (Å²) in [6.45, 7) is 5.85. The van der Waals surface area contributed by atoms with Crippen LogP contribution in [0.5, 0.6) is 5.75 Å². The molecule has 256 valence electrons. The molecule has 2 aromatic carbocycles. The molecule has 0 unspecified atom stereocenters. The van der Waals surface area contributed by atoms with E-state index in [-0.39, 0.29) is 42.3 Å². The molecular weight excluding hydrogens is 624 g/mol. The second kappa shape index (κ2) is 16.2. The van der Waals surface area contributed by atoms with Crippen molar-refractivity contribution < 1.29 is 32.6 Å². The molecule has 13 nitrogen and oxygen atoms in total. The van der Waals surface area contributed by atoms with E-state index < -0.39 is 34.1 Å². The number of carbonyl (C=O) groups excluding carboxylic acids is 2. The Morgan fingerprint density at radius 3 is 2.53 bits per heavy atom. The van der Waals surface area contributed by atoms with Gasteiger partial charge in [0.15, 0.2) is 5.03 Å². The first-order valence-corrected chi connectivity index (χ1v) is 17.2. The number of sulfonamides is 1. The highest BCUT2D eigenvalue weighted by Gasteiger charge is 2.33. The number of hydrogen-bond acceptors (Lipinski definition) is 8. The lowest BCUT2D eigenvalue weighted by Crippen LogP contribution is -2.48. The maximum Gasteiger partial charge on any atom is 0.323 e. The van der Waals surface area contributed by atoms with Crippen LogP contribution in [0.15, 0.2) is 66.1 Å². The molecule has 47 heavy (non-hydrogen) atoms. The summed E-state index contributed by atoms with van der Waals surface area (Å²) in [4.78, 5) is 32.6. The summed E-state index contributed by atoms with van der Waals surface area (Å²) in [5, 5.41) is 15.7. The summed E-state index contributed by atoms with van der Waals surface area (Å²) < 4.78 is 41.9. The maximum atomic E-state index is 14.3. The topological polar surface area (TPSA) is 155 Å². The molecule has 4 atom stereocenters. The molecule has 0 saturated heterocycles. The lowest BCUT2D eigenvalue weighted by molar-refractivity contribution is -0.00835. The number of anilines is 2. The monoisotopic (exact) mass is 670 g/mol. The van der Waals surface area contributed by atoms with Crippen LogP contribution >= 0.6 is 0 Å². The van der Waals surface area contributed by atoms with Crippen LogP contribution in [0.25, 0.3) is 0 Å². The number of nitrogens with one attached hydrogen (secondary N) is 2. The minimum Gasteiger partial charge on any atom is -0.490 e. The van der Waals surface area contributed by atoms with E-state index >= 15 is 0 Å². The van der Waals surface area contributed by atoms with Gasteiger partial charge in [0.25, 0.3) is 15.9 Å². The van der Waals surface area contributed by atoms with Crippen molar-refractivity contribution in [3.8, 4) is 5.75 Å². The first-order chi connectivity index (χ1) is 22.4. The van der Waals surface area contributed by atoms with Gasteiger partial charge in [-0.3, -0.25) is 4.79 Å². The number of urea groups is 1. The van der Waals surface area contributed by atoms with Crippen molar-refractivity contribution in [2.75, 3.05) is 44.0 Å². The standard InChI is InChI=1S/C33H46N6O7S/c1-23-18-39(24(2)21-40)32(41)28-17-27(36-33(42)35-26-12-7-6-8-13-26)14-15-29(28)46-25(3)11-9-10-16-45-30(23)19-38(5)47(43,44)31-20-37(4)22-34-31/h6-8,12-15,17,20,22-25,30,40H,9-11,16,18-19,21H2,1-5H3,(H2,35,36,42)/t23-,24-,25-,30+/m0/s1. The van der Waals surface area contributed by atoms with E-state index in [1.165, 1.54) is 23.9 Å². The van der Waals surface area contributed by atoms with Crippen LogP contribution in [-0.4, -0.2) is 95.8 Å². The quantitative estimate of drug-likeness (QED) is 0.323. The van der Waals surface area contributed by atoms with Crippen LogP contribution in [-0.2, 0) is 21.8 Å². The number of nitrogens with zero attached hydrogens (tertiary/aromatic N) is 4. The summed E-state index contributed by atoms with van der Waals surface area (Å²) in [5.41, 5.74) is 1.23. The molecule has 3 amide bonds. The predicted molar refractivity (Wildman–Crippen MR) is 179 cm³/mol. The molecule has 4 rings (SSSR count). The molecule has 3 aromatic rings. The number of rotatable bonds is 8. The Balaban J connectivity index is 1.62. The van der Waals surface area contributed by atoms with Crippen molar-refractivity contribution >= 4 is 33.3 Å². The van der Waals surface area contributed by atoms with Gasteiger partial charge in [0.1, 0.15) is 5.75 Å². The van der Waals surface area contributed by atoms with E-state index in [0.29, 0.717) is 30.2 Å². The predicted octanol–water partition coefficient (Wildman–Crippen LogP) is 4.18. The van der Waals surface area contributed by atoms with Crippen LogP contribution in [0.1, 0.15) is 50.4 Å². The van der Waals surface area contributed by atoms with E-state index in [1.54, 1.807) is 53.8 Å². The number of amides is 3.